The molecule has 1 heterocycles. The summed E-state index contributed by atoms with van der Waals surface area (Å²) < 4.78 is 1.97. The van der Waals surface area contributed by atoms with Crippen molar-refractivity contribution < 1.29 is 10.2 Å². The van der Waals surface area contributed by atoms with Crippen molar-refractivity contribution in [3.63, 3.8) is 0 Å². The van der Waals surface area contributed by atoms with Crippen molar-refractivity contribution in [2.24, 2.45) is 0 Å². The Labute approximate surface area is 72.3 Å². The lowest BCUT2D eigenvalue weighted by atomic mass is 10.2. The fourth-order valence-corrected chi connectivity index (χ4v) is 1.10. The first-order valence-corrected chi connectivity index (χ1v) is 4.18. The highest BCUT2D eigenvalue weighted by molar-refractivity contribution is 5.12. The Morgan fingerprint density at radius 2 is 2.33 bits per heavy atom. The third-order valence-corrected chi connectivity index (χ3v) is 1.83. The highest BCUT2D eigenvalue weighted by Crippen LogP contribution is 2.11. The first kappa shape index (κ1) is 9.29. The van der Waals surface area contributed by atoms with Crippen molar-refractivity contribution in [3.8, 4) is 0 Å². The molecule has 1 aromatic heterocycles. The predicted octanol–water partition coefficient (Wildman–Crippen LogP) is 0.924. The van der Waals surface area contributed by atoms with Crippen LogP contribution in [0.4, 0.5) is 0 Å². The first-order valence-electron chi connectivity index (χ1n) is 4.18. The average molecular weight is 169 g/mol. The Kier molecular flexibility index (Phi) is 3.31. The molecule has 12 heavy (non-hydrogen) atoms. The van der Waals surface area contributed by atoms with Gasteiger partial charge in [-0.25, -0.2) is 0 Å². The molecular weight excluding hydrogens is 154 g/mol. The van der Waals surface area contributed by atoms with Gasteiger partial charge in [-0.15, -0.1) is 0 Å². The number of aliphatic hydroxyl groups is 2. The van der Waals surface area contributed by atoms with Crippen molar-refractivity contribution in [3.05, 3.63) is 24.0 Å². The van der Waals surface area contributed by atoms with Gasteiger partial charge in [0.05, 0.1) is 6.10 Å². The highest BCUT2D eigenvalue weighted by Gasteiger charge is 2.01. The molecule has 3 heteroatoms. The Bertz CT molecular complexity index is 230. The zero-order valence-corrected chi connectivity index (χ0v) is 7.27. The maximum Gasteiger partial charge on any atom is 0.0776 e. The predicted molar refractivity (Wildman–Crippen MR) is 46.8 cm³/mol. The summed E-state index contributed by atoms with van der Waals surface area (Å²) in [6.45, 7) is 2.76. The minimum Gasteiger partial charge on any atom is -0.396 e. The molecule has 0 aliphatic rings. The van der Waals surface area contributed by atoms with E-state index in [0.717, 1.165) is 18.5 Å². The van der Waals surface area contributed by atoms with Crippen LogP contribution in [-0.2, 0) is 6.54 Å². The van der Waals surface area contributed by atoms with Crippen LogP contribution in [0.1, 0.15) is 25.0 Å². The largest absolute Gasteiger partial charge is 0.396 e. The van der Waals surface area contributed by atoms with Crippen LogP contribution in [-0.4, -0.2) is 21.4 Å². The molecule has 3 nitrogen and oxygen atoms in total. The molecule has 2 N–H and O–H groups in total. The zero-order chi connectivity index (χ0) is 8.97. The Morgan fingerprint density at radius 1 is 1.58 bits per heavy atom. The number of rotatable bonds is 4. The number of hydrogen-bond acceptors (Lipinski definition) is 2. The molecule has 0 amide bonds. The van der Waals surface area contributed by atoms with Crippen LogP contribution >= 0.6 is 0 Å². The smallest absolute Gasteiger partial charge is 0.0776 e. The van der Waals surface area contributed by atoms with Gasteiger partial charge in [-0.3, -0.25) is 0 Å². The number of aryl methyl sites for hydroxylation is 1. The van der Waals surface area contributed by atoms with Crippen LogP contribution in [0.3, 0.4) is 0 Å². The van der Waals surface area contributed by atoms with Crippen LogP contribution in [0, 0.1) is 0 Å². The second-order valence-corrected chi connectivity index (χ2v) is 2.94. The molecule has 1 unspecified atom stereocenters. The first-order chi connectivity index (χ1) is 5.74. The van der Waals surface area contributed by atoms with Crippen molar-refractivity contribution in [1.82, 2.24) is 4.57 Å². The Balaban J connectivity index is 2.52. The van der Waals surface area contributed by atoms with Crippen molar-refractivity contribution >= 4 is 0 Å². The van der Waals surface area contributed by atoms with Crippen LogP contribution in [0.25, 0.3) is 0 Å². The van der Waals surface area contributed by atoms with E-state index in [-0.39, 0.29) is 6.61 Å². The molecule has 0 saturated carbocycles. The van der Waals surface area contributed by atoms with Gasteiger partial charge < -0.3 is 14.8 Å². The maximum absolute atomic E-state index is 9.20. The van der Waals surface area contributed by atoms with Crippen molar-refractivity contribution in [2.75, 3.05) is 6.61 Å². The summed E-state index contributed by atoms with van der Waals surface area (Å²) in [7, 11) is 0. The standard InChI is InChI=1S/C9H15NO2/c1-8(12)9-3-5-10(7-9)4-2-6-11/h3,5,7-8,11-12H,2,4,6H2,1H3. The fourth-order valence-electron chi connectivity index (χ4n) is 1.10. The second-order valence-electron chi connectivity index (χ2n) is 2.94. The number of aromatic nitrogens is 1. The van der Waals surface area contributed by atoms with E-state index in [1.54, 1.807) is 6.92 Å². The monoisotopic (exact) mass is 169 g/mol. The third-order valence-electron chi connectivity index (χ3n) is 1.83. The molecular formula is C9H15NO2. The molecule has 0 aliphatic heterocycles. The molecule has 0 fully saturated rings. The minimum absolute atomic E-state index is 0.211. The minimum atomic E-state index is -0.402. The molecule has 0 aromatic carbocycles. The van der Waals surface area contributed by atoms with E-state index in [4.69, 9.17) is 5.11 Å². The van der Waals surface area contributed by atoms with Crippen molar-refractivity contribution in [2.45, 2.75) is 26.0 Å². The van der Waals surface area contributed by atoms with E-state index in [1.807, 2.05) is 23.0 Å². The SMILES string of the molecule is CC(O)c1ccn(CCCO)c1. The lowest BCUT2D eigenvalue weighted by Gasteiger charge is -2.00. The second kappa shape index (κ2) is 4.28. The van der Waals surface area contributed by atoms with Gasteiger partial charge in [0.1, 0.15) is 0 Å². The van der Waals surface area contributed by atoms with E-state index < -0.39 is 6.10 Å². The van der Waals surface area contributed by atoms with E-state index in [1.165, 1.54) is 0 Å². The molecule has 1 aromatic rings. The quantitative estimate of drug-likeness (QED) is 0.704. The van der Waals surface area contributed by atoms with Gasteiger partial charge in [-0.2, -0.15) is 0 Å². The van der Waals surface area contributed by atoms with Crippen molar-refractivity contribution in [1.29, 1.82) is 0 Å². The van der Waals surface area contributed by atoms with Gasteiger partial charge in [0, 0.05) is 25.5 Å². The highest BCUT2D eigenvalue weighted by atomic mass is 16.3. The Morgan fingerprint density at radius 3 is 2.83 bits per heavy atom. The topological polar surface area (TPSA) is 45.4 Å². The van der Waals surface area contributed by atoms with Gasteiger partial charge in [-0.05, 0) is 25.0 Å². The molecule has 1 atom stereocenters. The summed E-state index contributed by atoms with van der Waals surface area (Å²) >= 11 is 0. The van der Waals surface area contributed by atoms with Gasteiger partial charge in [0.2, 0.25) is 0 Å². The van der Waals surface area contributed by atoms with Crippen LogP contribution in [0.15, 0.2) is 18.5 Å². The summed E-state index contributed by atoms with van der Waals surface area (Å²) in [6.07, 6.45) is 4.17. The van der Waals surface area contributed by atoms with E-state index >= 15 is 0 Å². The lowest BCUT2D eigenvalue weighted by molar-refractivity contribution is 0.199. The fraction of sp³-hybridized carbons (Fsp3) is 0.556. The molecule has 0 bridgehead atoms. The summed E-state index contributed by atoms with van der Waals surface area (Å²) in [5, 5.41) is 17.8. The molecule has 1 rings (SSSR count). The zero-order valence-electron chi connectivity index (χ0n) is 7.27. The summed E-state index contributed by atoms with van der Waals surface area (Å²) in [5.74, 6) is 0. The molecule has 0 spiro atoms. The van der Waals surface area contributed by atoms with Gasteiger partial charge in [-0.1, -0.05) is 0 Å². The van der Waals surface area contributed by atoms with E-state index in [0.29, 0.717) is 0 Å². The van der Waals surface area contributed by atoms with Gasteiger partial charge >= 0.3 is 0 Å². The molecule has 0 radical (unpaired) electrons. The molecule has 0 aliphatic carbocycles. The molecule has 68 valence electrons. The van der Waals surface area contributed by atoms with Gasteiger partial charge in [0.15, 0.2) is 0 Å². The van der Waals surface area contributed by atoms with Crippen LogP contribution < -0.4 is 0 Å². The van der Waals surface area contributed by atoms with Crippen LogP contribution in [0.5, 0.6) is 0 Å². The third kappa shape index (κ3) is 2.36. The maximum atomic E-state index is 9.20. The molecule has 0 saturated heterocycles. The Hall–Kier alpha value is -0.800. The number of hydrogen-bond donors (Lipinski definition) is 2. The lowest BCUT2D eigenvalue weighted by Crippen LogP contribution is -1.97. The van der Waals surface area contributed by atoms with E-state index in [9.17, 15) is 5.11 Å². The summed E-state index contributed by atoms with van der Waals surface area (Å²) in [5.41, 5.74) is 0.924. The normalized spacial score (nSPS) is 13.2. The van der Waals surface area contributed by atoms with E-state index in [2.05, 4.69) is 0 Å². The van der Waals surface area contributed by atoms with Crippen LogP contribution in [0.2, 0.25) is 0 Å². The number of aliphatic hydroxyl groups excluding tert-OH is 2. The van der Waals surface area contributed by atoms with Gasteiger partial charge in [0.25, 0.3) is 0 Å². The summed E-state index contributed by atoms with van der Waals surface area (Å²) in [6, 6.07) is 1.89. The summed E-state index contributed by atoms with van der Waals surface area (Å²) in [4.78, 5) is 0. The number of nitrogens with zero attached hydrogens (tertiary/aromatic N) is 1. The average Bonchev–Trinajstić information content (AvgIpc) is 2.48.